The molecule has 1 amide bonds. The van der Waals surface area contributed by atoms with E-state index in [0.717, 1.165) is 18.5 Å². The number of rotatable bonds is 7. The molecular formula is C17H24N2O3. The third-order valence-corrected chi connectivity index (χ3v) is 3.52. The van der Waals surface area contributed by atoms with Crippen molar-refractivity contribution in [1.82, 2.24) is 4.90 Å². The molecule has 22 heavy (non-hydrogen) atoms. The number of aliphatic hydroxyl groups is 1. The molecule has 0 saturated carbocycles. The largest absolute Gasteiger partial charge is 0.491 e. The van der Waals surface area contributed by atoms with Gasteiger partial charge >= 0.3 is 0 Å². The Hall–Kier alpha value is -1.85. The van der Waals surface area contributed by atoms with E-state index >= 15 is 0 Å². The van der Waals surface area contributed by atoms with Crippen molar-refractivity contribution < 1.29 is 14.6 Å². The molecule has 0 heterocycles. The quantitative estimate of drug-likeness (QED) is 0.755. The summed E-state index contributed by atoms with van der Waals surface area (Å²) in [5.41, 5.74) is 0.762. The summed E-state index contributed by atoms with van der Waals surface area (Å²) in [4.78, 5) is 13.9. The molecule has 0 bridgehead atoms. The molecule has 2 rings (SSSR count). The molecule has 1 aromatic rings. The number of amides is 1. The maximum atomic E-state index is 12.0. The summed E-state index contributed by atoms with van der Waals surface area (Å²) in [6, 6.07) is 7.22. The van der Waals surface area contributed by atoms with Crippen LogP contribution in [0.1, 0.15) is 12.8 Å². The molecule has 2 N–H and O–H groups in total. The van der Waals surface area contributed by atoms with Gasteiger partial charge in [-0.2, -0.15) is 0 Å². The third-order valence-electron chi connectivity index (χ3n) is 3.52. The van der Waals surface area contributed by atoms with Crippen LogP contribution < -0.4 is 10.1 Å². The number of benzene rings is 1. The lowest BCUT2D eigenvalue weighted by molar-refractivity contribution is -0.119. The summed E-state index contributed by atoms with van der Waals surface area (Å²) in [6.07, 6.45) is 5.19. The summed E-state index contributed by atoms with van der Waals surface area (Å²) < 4.78 is 5.53. The Morgan fingerprint density at radius 1 is 1.32 bits per heavy atom. The molecule has 1 atom stereocenters. The number of likely N-dealkylation sites (N-methyl/N-ethyl adjacent to an activating group) is 1. The van der Waals surface area contributed by atoms with Crippen LogP contribution in [0.2, 0.25) is 0 Å². The van der Waals surface area contributed by atoms with Crippen molar-refractivity contribution in [2.75, 3.05) is 32.6 Å². The Bertz CT molecular complexity index is 503. The van der Waals surface area contributed by atoms with Crippen LogP contribution in [0.4, 0.5) is 5.69 Å². The Morgan fingerprint density at radius 2 is 1.95 bits per heavy atom. The fraction of sp³-hybridized carbons (Fsp3) is 0.471. The molecule has 1 aliphatic rings. The average molecular weight is 304 g/mol. The molecule has 0 radical (unpaired) electrons. The molecule has 1 unspecified atom stereocenters. The number of nitrogens with one attached hydrogen (secondary N) is 1. The zero-order valence-corrected chi connectivity index (χ0v) is 13.2. The third kappa shape index (κ3) is 5.16. The van der Waals surface area contributed by atoms with E-state index in [4.69, 9.17) is 4.74 Å². The van der Waals surface area contributed by atoms with Gasteiger partial charge in [-0.25, -0.2) is 0 Å². The molecule has 0 fully saturated rings. The molecule has 1 aromatic carbocycles. The first-order valence-electron chi connectivity index (χ1n) is 7.56. The van der Waals surface area contributed by atoms with Gasteiger partial charge < -0.3 is 20.1 Å². The van der Waals surface area contributed by atoms with E-state index in [1.54, 1.807) is 12.1 Å². The van der Waals surface area contributed by atoms with E-state index in [-0.39, 0.29) is 18.4 Å². The molecule has 5 heteroatoms. The van der Waals surface area contributed by atoms with Crippen molar-refractivity contribution >= 4 is 11.6 Å². The van der Waals surface area contributed by atoms with Crippen LogP contribution in [0.5, 0.6) is 5.75 Å². The summed E-state index contributed by atoms with van der Waals surface area (Å²) in [7, 11) is 3.81. The highest BCUT2D eigenvalue weighted by molar-refractivity contribution is 5.93. The minimum Gasteiger partial charge on any atom is -0.491 e. The maximum absolute atomic E-state index is 12.0. The van der Waals surface area contributed by atoms with Gasteiger partial charge in [0, 0.05) is 18.2 Å². The van der Waals surface area contributed by atoms with Gasteiger partial charge in [-0.05, 0) is 51.2 Å². The second-order valence-corrected chi connectivity index (χ2v) is 5.88. The van der Waals surface area contributed by atoms with Gasteiger partial charge in [-0.1, -0.05) is 12.2 Å². The number of hydrogen-bond donors (Lipinski definition) is 2. The number of allylic oxidation sites excluding steroid dienone is 2. The topological polar surface area (TPSA) is 61.8 Å². The zero-order chi connectivity index (χ0) is 15.9. The predicted molar refractivity (Wildman–Crippen MR) is 87.0 cm³/mol. The van der Waals surface area contributed by atoms with Crippen molar-refractivity contribution in [2.45, 2.75) is 18.9 Å². The highest BCUT2D eigenvalue weighted by Crippen LogP contribution is 2.21. The monoisotopic (exact) mass is 304 g/mol. The molecule has 0 aromatic heterocycles. The predicted octanol–water partition coefficient (Wildman–Crippen LogP) is 1.89. The minimum absolute atomic E-state index is 0.0529. The van der Waals surface area contributed by atoms with Crippen LogP contribution in [0.25, 0.3) is 0 Å². The smallest absolute Gasteiger partial charge is 0.228 e. The first-order valence-corrected chi connectivity index (χ1v) is 7.56. The number of carbonyl (C=O) groups is 1. The molecule has 1 aliphatic carbocycles. The number of hydrogen-bond acceptors (Lipinski definition) is 4. The Balaban J connectivity index is 1.78. The van der Waals surface area contributed by atoms with Gasteiger partial charge in [0.15, 0.2) is 0 Å². The average Bonchev–Trinajstić information content (AvgIpc) is 3.00. The standard InChI is InChI=1S/C17H24N2O3/c1-19(2)11-15(20)12-22-16-9-7-14(8-10-16)18-17(21)13-5-3-4-6-13/h3-4,7-10,13,15,20H,5-6,11-12H2,1-2H3,(H,18,21). The fourth-order valence-electron chi connectivity index (χ4n) is 2.38. The zero-order valence-electron chi connectivity index (χ0n) is 13.2. The van der Waals surface area contributed by atoms with Crippen LogP contribution in [-0.2, 0) is 4.79 Å². The number of anilines is 1. The van der Waals surface area contributed by atoms with Gasteiger partial charge in [0.05, 0.1) is 0 Å². The highest BCUT2D eigenvalue weighted by atomic mass is 16.5. The van der Waals surface area contributed by atoms with Crippen molar-refractivity contribution in [3.05, 3.63) is 36.4 Å². The molecular weight excluding hydrogens is 280 g/mol. The van der Waals surface area contributed by atoms with Crippen molar-refractivity contribution in [3.63, 3.8) is 0 Å². The fourth-order valence-corrected chi connectivity index (χ4v) is 2.38. The molecule has 0 spiro atoms. The highest BCUT2D eigenvalue weighted by Gasteiger charge is 2.19. The summed E-state index contributed by atoms with van der Waals surface area (Å²) >= 11 is 0. The number of nitrogens with zero attached hydrogens (tertiary/aromatic N) is 1. The molecule has 120 valence electrons. The summed E-state index contributed by atoms with van der Waals surface area (Å²) in [5.74, 6) is 0.788. The summed E-state index contributed by atoms with van der Waals surface area (Å²) in [6.45, 7) is 0.807. The van der Waals surface area contributed by atoms with E-state index in [0.29, 0.717) is 12.3 Å². The van der Waals surface area contributed by atoms with E-state index in [1.165, 1.54) is 0 Å². The lowest BCUT2D eigenvalue weighted by Crippen LogP contribution is -2.30. The normalized spacial score (nSPS) is 16.0. The van der Waals surface area contributed by atoms with Crippen molar-refractivity contribution in [2.24, 2.45) is 5.92 Å². The Labute approximate surface area is 131 Å². The molecule has 0 saturated heterocycles. The van der Waals surface area contributed by atoms with E-state index in [1.807, 2.05) is 43.3 Å². The van der Waals surface area contributed by atoms with Gasteiger partial charge in [0.25, 0.3) is 0 Å². The van der Waals surface area contributed by atoms with Gasteiger partial charge in [0.2, 0.25) is 5.91 Å². The SMILES string of the molecule is CN(C)CC(O)COc1ccc(NC(=O)C2CC=CC2)cc1. The molecule has 0 aliphatic heterocycles. The second kappa shape index (κ2) is 7.96. The second-order valence-electron chi connectivity index (χ2n) is 5.88. The van der Waals surface area contributed by atoms with Crippen LogP contribution in [0, 0.1) is 5.92 Å². The van der Waals surface area contributed by atoms with Crippen molar-refractivity contribution in [1.29, 1.82) is 0 Å². The van der Waals surface area contributed by atoms with Gasteiger partial charge in [0.1, 0.15) is 18.5 Å². The van der Waals surface area contributed by atoms with Crippen LogP contribution in [0.15, 0.2) is 36.4 Å². The lowest BCUT2D eigenvalue weighted by Gasteiger charge is -2.16. The first kappa shape index (κ1) is 16.5. The van der Waals surface area contributed by atoms with E-state index in [9.17, 15) is 9.90 Å². The van der Waals surface area contributed by atoms with Crippen LogP contribution >= 0.6 is 0 Å². The van der Waals surface area contributed by atoms with E-state index < -0.39 is 6.10 Å². The van der Waals surface area contributed by atoms with Crippen molar-refractivity contribution in [3.8, 4) is 5.75 Å². The number of aliphatic hydroxyl groups excluding tert-OH is 1. The number of ether oxygens (including phenoxy) is 1. The Morgan fingerprint density at radius 3 is 2.55 bits per heavy atom. The minimum atomic E-state index is -0.524. The maximum Gasteiger partial charge on any atom is 0.228 e. The summed E-state index contributed by atoms with van der Waals surface area (Å²) in [5, 5.41) is 12.7. The lowest BCUT2D eigenvalue weighted by atomic mass is 10.1. The first-order chi connectivity index (χ1) is 10.5. The van der Waals surface area contributed by atoms with Crippen LogP contribution in [0.3, 0.4) is 0 Å². The van der Waals surface area contributed by atoms with Gasteiger partial charge in [-0.15, -0.1) is 0 Å². The number of carbonyl (C=O) groups excluding carboxylic acids is 1. The van der Waals surface area contributed by atoms with E-state index in [2.05, 4.69) is 5.32 Å². The van der Waals surface area contributed by atoms with Gasteiger partial charge in [-0.3, -0.25) is 4.79 Å². The Kier molecular flexibility index (Phi) is 5.98. The molecule has 5 nitrogen and oxygen atoms in total. The van der Waals surface area contributed by atoms with Crippen LogP contribution in [-0.4, -0.2) is 49.3 Å².